The summed E-state index contributed by atoms with van der Waals surface area (Å²) in [6.45, 7) is 6.44. The minimum Gasteiger partial charge on any atom is -0.312 e. The van der Waals surface area contributed by atoms with Crippen molar-refractivity contribution in [3.8, 4) is 0 Å². The molecule has 98 valence electrons. The van der Waals surface area contributed by atoms with Crippen LogP contribution >= 0.6 is 11.3 Å². The highest BCUT2D eigenvalue weighted by Crippen LogP contribution is 2.25. The Labute approximate surface area is 113 Å². The van der Waals surface area contributed by atoms with Gasteiger partial charge in [0.05, 0.1) is 5.69 Å². The molecule has 0 spiro atoms. The van der Waals surface area contributed by atoms with Crippen LogP contribution in [0.5, 0.6) is 0 Å². The van der Waals surface area contributed by atoms with E-state index in [-0.39, 0.29) is 0 Å². The van der Waals surface area contributed by atoms with Crippen molar-refractivity contribution in [3.05, 3.63) is 39.8 Å². The van der Waals surface area contributed by atoms with Gasteiger partial charge in [0.2, 0.25) is 0 Å². The molecule has 0 bridgehead atoms. The van der Waals surface area contributed by atoms with Gasteiger partial charge in [-0.1, -0.05) is 0 Å². The Morgan fingerprint density at radius 3 is 2.61 bits per heavy atom. The molecule has 18 heavy (non-hydrogen) atoms. The number of aryl methyl sites for hydroxylation is 1. The Morgan fingerprint density at radius 2 is 2.11 bits per heavy atom. The summed E-state index contributed by atoms with van der Waals surface area (Å²) >= 11 is 1.86. The minimum atomic E-state index is 0.360. The number of rotatable bonds is 5. The summed E-state index contributed by atoms with van der Waals surface area (Å²) in [7, 11) is 2.01. The average Bonchev–Trinajstić information content (AvgIpc) is 2.94. The lowest BCUT2D eigenvalue weighted by Crippen LogP contribution is -2.18. The maximum absolute atomic E-state index is 4.61. The SMILES string of the molecule is CNC(Cc1ccn(C(C)C)n1)c1ccc(C)s1. The Morgan fingerprint density at radius 1 is 1.33 bits per heavy atom. The topological polar surface area (TPSA) is 29.9 Å². The van der Waals surface area contributed by atoms with Crippen LogP contribution in [-0.4, -0.2) is 16.8 Å². The number of nitrogens with zero attached hydrogens (tertiary/aromatic N) is 2. The first-order valence-corrected chi connectivity index (χ1v) is 7.19. The monoisotopic (exact) mass is 263 g/mol. The van der Waals surface area contributed by atoms with Crippen molar-refractivity contribution in [2.45, 2.75) is 39.3 Å². The molecule has 2 rings (SSSR count). The van der Waals surface area contributed by atoms with Gasteiger partial charge in [-0.3, -0.25) is 4.68 Å². The molecule has 0 amide bonds. The van der Waals surface area contributed by atoms with Crippen molar-refractivity contribution in [1.82, 2.24) is 15.1 Å². The average molecular weight is 263 g/mol. The molecule has 1 N–H and O–H groups in total. The largest absolute Gasteiger partial charge is 0.312 e. The lowest BCUT2D eigenvalue weighted by Gasteiger charge is -2.13. The summed E-state index contributed by atoms with van der Waals surface area (Å²) in [5.41, 5.74) is 1.15. The molecule has 3 nitrogen and oxygen atoms in total. The summed E-state index contributed by atoms with van der Waals surface area (Å²) in [5, 5.41) is 7.99. The molecular formula is C14H21N3S. The van der Waals surface area contributed by atoms with E-state index in [0.717, 1.165) is 12.1 Å². The van der Waals surface area contributed by atoms with Crippen LogP contribution in [0.3, 0.4) is 0 Å². The van der Waals surface area contributed by atoms with Crippen LogP contribution in [0.25, 0.3) is 0 Å². The van der Waals surface area contributed by atoms with Gasteiger partial charge in [-0.25, -0.2) is 0 Å². The van der Waals surface area contributed by atoms with Crippen molar-refractivity contribution in [2.24, 2.45) is 0 Å². The van der Waals surface area contributed by atoms with Crippen molar-refractivity contribution < 1.29 is 0 Å². The quantitative estimate of drug-likeness (QED) is 0.896. The van der Waals surface area contributed by atoms with Crippen molar-refractivity contribution in [1.29, 1.82) is 0 Å². The molecule has 1 unspecified atom stereocenters. The van der Waals surface area contributed by atoms with E-state index < -0.39 is 0 Å². The van der Waals surface area contributed by atoms with Gasteiger partial charge in [-0.15, -0.1) is 11.3 Å². The first-order chi connectivity index (χ1) is 8.60. The number of aromatic nitrogens is 2. The molecule has 2 aromatic rings. The predicted molar refractivity (Wildman–Crippen MR) is 77.2 cm³/mol. The Bertz CT molecular complexity index is 499. The maximum Gasteiger partial charge on any atom is 0.0644 e. The highest BCUT2D eigenvalue weighted by Gasteiger charge is 2.14. The number of nitrogens with one attached hydrogen (secondary N) is 1. The molecule has 0 aliphatic heterocycles. The third kappa shape index (κ3) is 3.00. The molecule has 2 heterocycles. The fourth-order valence-electron chi connectivity index (χ4n) is 1.97. The van der Waals surface area contributed by atoms with Crippen LogP contribution in [0.15, 0.2) is 24.4 Å². The minimum absolute atomic E-state index is 0.360. The van der Waals surface area contributed by atoms with E-state index >= 15 is 0 Å². The molecule has 0 aromatic carbocycles. The number of thiophene rings is 1. The Hall–Kier alpha value is -1.13. The molecule has 2 aromatic heterocycles. The smallest absolute Gasteiger partial charge is 0.0644 e. The second kappa shape index (κ2) is 5.67. The first kappa shape index (κ1) is 13.3. The maximum atomic E-state index is 4.61. The van der Waals surface area contributed by atoms with Gasteiger partial charge in [-0.2, -0.15) is 5.10 Å². The molecule has 4 heteroatoms. The van der Waals surface area contributed by atoms with E-state index in [2.05, 4.69) is 55.6 Å². The van der Waals surface area contributed by atoms with E-state index in [1.165, 1.54) is 9.75 Å². The standard InChI is InChI=1S/C14H21N3S/c1-10(2)17-8-7-12(16-17)9-13(15-4)14-6-5-11(3)18-14/h5-8,10,13,15H,9H2,1-4H3. The van der Waals surface area contributed by atoms with Crippen LogP contribution in [0.1, 0.15) is 41.4 Å². The van der Waals surface area contributed by atoms with Crippen LogP contribution in [-0.2, 0) is 6.42 Å². The van der Waals surface area contributed by atoms with Crippen molar-refractivity contribution >= 4 is 11.3 Å². The second-order valence-electron chi connectivity index (χ2n) is 4.87. The van der Waals surface area contributed by atoms with Gasteiger partial charge in [0, 0.05) is 34.5 Å². The van der Waals surface area contributed by atoms with Gasteiger partial charge in [0.1, 0.15) is 0 Å². The van der Waals surface area contributed by atoms with Gasteiger partial charge in [-0.05, 0) is 46.0 Å². The van der Waals surface area contributed by atoms with E-state index in [0.29, 0.717) is 12.1 Å². The molecule has 0 radical (unpaired) electrons. The highest BCUT2D eigenvalue weighted by molar-refractivity contribution is 7.12. The van der Waals surface area contributed by atoms with Gasteiger partial charge < -0.3 is 5.32 Å². The van der Waals surface area contributed by atoms with Gasteiger partial charge >= 0.3 is 0 Å². The molecule has 1 atom stereocenters. The van der Waals surface area contributed by atoms with E-state index in [1.807, 2.05) is 23.1 Å². The van der Waals surface area contributed by atoms with E-state index in [4.69, 9.17) is 0 Å². The Kier molecular flexibility index (Phi) is 4.19. The number of hydrogen-bond donors (Lipinski definition) is 1. The molecule has 0 aliphatic carbocycles. The van der Waals surface area contributed by atoms with Crippen molar-refractivity contribution in [2.75, 3.05) is 7.05 Å². The molecule has 0 saturated heterocycles. The third-order valence-electron chi connectivity index (χ3n) is 3.06. The normalized spacial score (nSPS) is 13.2. The van der Waals surface area contributed by atoms with Crippen LogP contribution < -0.4 is 5.32 Å². The fraction of sp³-hybridized carbons (Fsp3) is 0.500. The van der Waals surface area contributed by atoms with Crippen LogP contribution in [0.2, 0.25) is 0 Å². The van der Waals surface area contributed by atoms with Gasteiger partial charge in [0.25, 0.3) is 0 Å². The molecular weight excluding hydrogens is 242 g/mol. The molecule has 0 fully saturated rings. The first-order valence-electron chi connectivity index (χ1n) is 6.37. The van der Waals surface area contributed by atoms with Gasteiger partial charge in [0.15, 0.2) is 0 Å². The molecule has 0 saturated carbocycles. The fourth-order valence-corrected chi connectivity index (χ4v) is 2.96. The van der Waals surface area contributed by atoms with Crippen LogP contribution in [0.4, 0.5) is 0 Å². The third-order valence-corrected chi connectivity index (χ3v) is 4.17. The number of hydrogen-bond acceptors (Lipinski definition) is 3. The lowest BCUT2D eigenvalue weighted by atomic mass is 10.1. The summed E-state index contributed by atoms with van der Waals surface area (Å²) < 4.78 is 2.02. The zero-order valence-corrected chi connectivity index (χ0v) is 12.3. The van der Waals surface area contributed by atoms with E-state index in [1.54, 1.807) is 0 Å². The predicted octanol–water partition coefficient (Wildman–Crippen LogP) is 3.34. The zero-order valence-electron chi connectivity index (χ0n) is 11.5. The lowest BCUT2D eigenvalue weighted by molar-refractivity contribution is 0.516. The van der Waals surface area contributed by atoms with E-state index in [9.17, 15) is 0 Å². The summed E-state index contributed by atoms with van der Waals surface area (Å²) in [4.78, 5) is 2.74. The second-order valence-corrected chi connectivity index (χ2v) is 6.19. The zero-order chi connectivity index (χ0) is 13.1. The summed E-state index contributed by atoms with van der Waals surface area (Å²) in [6, 6.07) is 7.29. The molecule has 0 aliphatic rings. The summed E-state index contributed by atoms with van der Waals surface area (Å²) in [6.07, 6.45) is 3.00. The Balaban J connectivity index is 2.10. The van der Waals surface area contributed by atoms with Crippen LogP contribution in [0, 0.1) is 6.92 Å². The highest BCUT2D eigenvalue weighted by atomic mass is 32.1. The van der Waals surface area contributed by atoms with Crippen molar-refractivity contribution in [3.63, 3.8) is 0 Å². The summed E-state index contributed by atoms with van der Waals surface area (Å²) in [5.74, 6) is 0. The number of likely N-dealkylation sites (N-methyl/N-ethyl adjacent to an activating group) is 1.